The van der Waals surface area contributed by atoms with Crippen molar-refractivity contribution in [3.63, 3.8) is 0 Å². The summed E-state index contributed by atoms with van der Waals surface area (Å²) in [6.07, 6.45) is -1.89. The predicted octanol–water partition coefficient (Wildman–Crippen LogP) is 0.643. The summed E-state index contributed by atoms with van der Waals surface area (Å²) < 4.78 is 22.8. The Balaban J connectivity index is 1.78. The summed E-state index contributed by atoms with van der Waals surface area (Å²) in [5.41, 5.74) is -2.12. The fraction of sp³-hybridized carbons (Fsp3) is 0.682. The van der Waals surface area contributed by atoms with Crippen molar-refractivity contribution in [3.05, 3.63) is 23.8 Å². The number of hydrogen-bond donors (Lipinski definition) is 2. The molecule has 2 N–H and O–H groups in total. The smallest absolute Gasteiger partial charge is 0.334 e. The molecule has 10 heteroatoms. The Kier molecular flexibility index (Phi) is 5.68. The monoisotopic (exact) mass is 470 g/mol. The third-order valence-corrected chi connectivity index (χ3v) is 7.76. The molecule has 2 aliphatic heterocycles. The fourth-order valence-corrected chi connectivity index (χ4v) is 6.10. The van der Waals surface area contributed by atoms with Gasteiger partial charge in [-0.15, -0.1) is 11.6 Å². The van der Waals surface area contributed by atoms with Crippen molar-refractivity contribution in [1.82, 2.24) is 0 Å². The number of fused-ring (bicyclic) bond motifs is 5. The van der Waals surface area contributed by atoms with E-state index < -0.39 is 71.3 Å². The quantitative estimate of drug-likeness (QED) is 0.195. The highest BCUT2D eigenvalue weighted by atomic mass is 35.5. The van der Waals surface area contributed by atoms with E-state index in [-0.39, 0.29) is 30.1 Å². The lowest BCUT2D eigenvalue weighted by atomic mass is 9.74. The molecule has 4 aliphatic rings. The van der Waals surface area contributed by atoms with Crippen LogP contribution in [0.25, 0.3) is 0 Å². The van der Waals surface area contributed by atoms with Crippen LogP contribution >= 0.6 is 11.6 Å². The summed E-state index contributed by atoms with van der Waals surface area (Å²) in [4.78, 5) is 36.9. The predicted molar refractivity (Wildman–Crippen MR) is 109 cm³/mol. The number of carbonyl (C=O) groups excluding carboxylic acids is 3. The lowest BCUT2D eigenvalue weighted by Crippen LogP contribution is -2.52. The summed E-state index contributed by atoms with van der Waals surface area (Å²) >= 11 is 6.26. The van der Waals surface area contributed by atoms with Crippen molar-refractivity contribution in [2.75, 3.05) is 12.5 Å². The van der Waals surface area contributed by atoms with Crippen molar-refractivity contribution < 1.29 is 43.5 Å². The zero-order valence-electron chi connectivity index (χ0n) is 18.1. The molecular formula is C22H27ClO9. The number of esters is 3. The van der Waals surface area contributed by atoms with Crippen LogP contribution < -0.4 is 0 Å². The molecule has 0 aromatic heterocycles. The maximum absolute atomic E-state index is 12.6. The summed E-state index contributed by atoms with van der Waals surface area (Å²) in [6.45, 7) is 8.09. The Bertz CT molecular complexity index is 900. The van der Waals surface area contributed by atoms with Gasteiger partial charge in [-0.05, 0) is 19.9 Å². The number of ether oxygens (including phenoxy) is 4. The average Bonchev–Trinajstić information content (AvgIpc) is 3.26. The first-order valence-corrected chi connectivity index (χ1v) is 11.0. The van der Waals surface area contributed by atoms with E-state index in [1.165, 1.54) is 19.9 Å². The second-order valence-corrected chi connectivity index (χ2v) is 9.49. The molecule has 2 saturated carbocycles. The first-order valence-electron chi connectivity index (χ1n) is 10.5. The van der Waals surface area contributed by atoms with Crippen LogP contribution in [-0.2, 0) is 33.3 Å². The van der Waals surface area contributed by atoms with Crippen molar-refractivity contribution in [3.8, 4) is 0 Å². The van der Waals surface area contributed by atoms with Gasteiger partial charge in [0.25, 0.3) is 0 Å². The Labute approximate surface area is 190 Å². The molecule has 0 aromatic rings. The molecule has 176 valence electrons. The molecule has 9 atom stereocenters. The van der Waals surface area contributed by atoms with Crippen molar-refractivity contribution >= 4 is 29.5 Å². The van der Waals surface area contributed by atoms with Gasteiger partial charge < -0.3 is 29.2 Å². The largest absolute Gasteiger partial charge is 0.459 e. The normalized spacial score (nSPS) is 44.7. The van der Waals surface area contributed by atoms with Crippen LogP contribution in [0.1, 0.15) is 27.2 Å². The van der Waals surface area contributed by atoms with Gasteiger partial charge in [-0.3, -0.25) is 4.79 Å². The van der Waals surface area contributed by atoms with Crippen LogP contribution in [-0.4, -0.2) is 76.2 Å². The molecule has 9 nitrogen and oxygen atoms in total. The number of aliphatic hydroxyl groups excluding tert-OH is 1. The molecule has 0 spiro atoms. The molecule has 0 aromatic carbocycles. The van der Waals surface area contributed by atoms with E-state index in [4.69, 9.17) is 35.7 Å². The Morgan fingerprint density at radius 1 is 1.31 bits per heavy atom. The Morgan fingerprint density at radius 2 is 2.00 bits per heavy atom. The number of alkyl halides is 1. The van der Waals surface area contributed by atoms with E-state index in [0.717, 1.165) is 0 Å². The minimum Gasteiger partial charge on any atom is -0.459 e. The van der Waals surface area contributed by atoms with Crippen LogP contribution in [0.15, 0.2) is 23.8 Å². The molecule has 0 unspecified atom stereocenters. The molecule has 4 fully saturated rings. The molecule has 0 bridgehead atoms. The number of epoxide rings is 1. The van der Waals surface area contributed by atoms with Gasteiger partial charge >= 0.3 is 17.9 Å². The van der Waals surface area contributed by atoms with Gasteiger partial charge in [0.05, 0.1) is 24.0 Å². The fourth-order valence-electron chi connectivity index (χ4n) is 5.81. The van der Waals surface area contributed by atoms with E-state index in [1.807, 2.05) is 6.92 Å². The molecule has 0 amide bonds. The molecular weight excluding hydrogens is 444 g/mol. The molecule has 4 rings (SSSR count). The summed E-state index contributed by atoms with van der Waals surface area (Å²) in [6, 6.07) is 0. The van der Waals surface area contributed by atoms with Gasteiger partial charge in [0.2, 0.25) is 0 Å². The van der Waals surface area contributed by atoms with Gasteiger partial charge in [-0.25, -0.2) is 9.59 Å². The highest BCUT2D eigenvalue weighted by Crippen LogP contribution is 2.65. The summed E-state index contributed by atoms with van der Waals surface area (Å²) in [5, 5.41) is 20.8. The van der Waals surface area contributed by atoms with Crippen LogP contribution in [0.3, 0.4) is 0 Å². The number of hydrogen-bond acceptors (Lipinski definition) is 9. The van der Waals surface area contributed by atoms with Gasteiger partial charge in [0.1, 0.15) is 30.0 Å². The van der Waals surface area contributed by atoms with Gasteiger partial charge in [0.15, 0.2) is 0 Å². The topological polar surface area (TPSA) is 132 Å². The highest BCUT2D eigenvalue weighted by molar-refractivity contribution is 6.18. The first-order chi connectivity index (χ1) is 15.0. The van der Waals surface area contributed by atoms with Gasteiger partial charge in [-0.1, -0.05) is 6.58 Å². The molecule has 32 heavy (non-hydrogen) atoms. The van der Waals surface area contributed by atoms with Crippen molar-refractivity contribution in [2.45, 2.75) is 62.8 Å². The van der Waals surface area contributed by atoms with E-state index in [1.54, 1.807) is 0 Å². The molecule has 2 aliphatic carbocycles. The van der Waals surface area contributed by atoms with Crippen LogP contribution in [0.4, 0.5) is 0 Å². The SMILES string of the molecule is C=C1C(=O)O[C@H]2[C@H]1[C@H](OC(=O)/C(C)=C/CO)C[C@](O)(CCl)[C@H]1[C@H](OC(C)=O)[C@H]3O[C@@]3(C)[C@H]21. The third kappa shape index (κ3) is 3.37. The van der Waals surface area contributed by atoms with Crippen molar-refractivity contribution in [2.24, 2.45) is 17.8 Å². The average molecular weight is 471 g/mol. The van der Waals surface area contributed by atoms with Crippen LogP contribution in [0, 0.1) is 17.8 Å². The second kappa shape index (κ2) is 7.83. The van der Waals surface area contributed by atoms with Crippen molar-refractivity contribution in [1.29, 1.82) is 0 Å². The number of halogens is 1. The summed E-state index contributed by atoms with van der Waals surface area (Å²) in [7, 11) is 0. The first kappa shape index (κ1) is 23.2. The Morgan fingerprint density at radius 3 is 2.59 bits per heavy atom. The Hall–Kier alpha value is -1.94. The molecule has 2 heterocycles. The third-order valence-electron chi connectivity index (χ3n) is 7.29. The van der Waals surface area contributed by atoms with E-state index in [9.17, 15) is 19.5 Å². The van der Waals surface area contributed by atoms with Crippen LogP contribution in [0.2, 0.25) is 0 Å². The maximum Gasteiger partial charge on any atom is 0.334 e. The zero-order chi connectivity index (χ0) is 23.6. The van der Waals surface area contributed by atoms with E-state index in [0.29, 0.717) is 0 Å². The minimum absolute atomic E-state index is 0.118. The standard InChI is InChI=1S/C22H27ClO9/c1-9(5-6-24)19(26)30-12-7-22(28,8-23)15-14(16-13(12)10(2)20(27)31-16)21(4)18(32-21)17(15)29-11(3)25/h5,12-18,24,28H,2,6-8H2,1,3-4H3/b9-5+/t12-,13-,14+,15-,16+,17+,18-,21+,22+/m1/s1. The van der Waals surface area contributed by atoms with Gasteiger partial charge in [0, 0.05) is 36.3 Å². The van der Waals surface area contributed by atoms with Gasteiger partial charge in [-0.2, -0.15) is 0 Å². The number of carbonyl (C=O) groups is 3. The van der Waals surface area contributed by atoms with Crippen LogP contribution in [0.5, 0.6) is 0 Å². The number of aliphatic hydroxyl groups is 2. The lowest BCUT2D eigenvalue weighted by Gasteiger charge is -2.40. The molecule has 2 saturated heterocycles. The second-order valence-electron chi connectivity index (χ2n) is 9.22. The minimum atomic E-state index is -1.61. The zero-order valence-corrected chi connectivity index (χ0v) is 18.8. The lowest BCUT2D eigenvalue weighted by molar-refractivity contribution is -0.169. The van der Waals surface area contributed by atoms with E-state index >= 15 is 0 Å². The summed E-state index contributed by atoms with van der Waals surface area (Å²) in [5.74, 6) is -4.10. The number of rotatable bonds is 5. The highest BCUT2D eigenvalue weighted by Gasteiger charge is 2.80. The molecule has 0 radical (unpaired) electrons. The maximum atomic E-state index is 12.6. The van der Waals surface area contributed by atoms with E-state index in [2.05, 4.69) is 6.58 Å².